The smallest absolute Gasteiger partial charge is 0.315 e. The van der Waals surface area contributed by atoms with E-state index in [9.17, 15) is 4.79 Å². The number of urea groups is 1. The van der Waals surface area contributed by atoms with Crippen molar-refractivity contribution in [1.82, 2.24) is 25.2 Å². The molecule has 1 spiro atoms. The van der Waals surface area contributed by atoms with Crippen molar-refractivity contribution in [2.45, 2.75) is 57.7 Å². The maximum absolute atomic E-state index is 12.4. The van der Waals surface area contributed by atoms with E-state index in [-0.39, 0.29) is 17.5 Å². The lowest BCUT2D eigenvalue weighted by atomic mass is 9.60. The summed E-state index contributed by atoms with van der Waals surface area (Å²) in [4.78, 5) is 12.4. The summed E-state index contributed by atoms with van der Waals surface area (Å²) < 4.78 is 7.78. The quantitative estimate of drug-likeness (QED) is 0.873. The lowest BCUT2D eigenvalue weighted by Gasteiger charge is -2.53. The number of carbonyl (C=O) groups excluding carboxylic acids is 1. The zero-order chi connectivity index (χ0) is 17.3. The Morgan fingerprint density at radius 3 is 3.00 bits per heavy atom. The van der Waals surface area contributed by atoms with E-state index >= 15 is 0 Å². The predicted octanol–water partition coefficient (Wildman–Crippen LogP) is 2.27. The number of nitrogens with one attached hydrogen (secondary N) is 2. The van der Waals surface area contributed by atoms with Crippen molar-refractivity contribution >= 4 is 11.7 Å². The third-order valence-corrected chi connectivity index (χ3v) is 5.78. The number of hydrogen-bond donors (Lipinski definition) is 2. The number of hydrogen-bond acceptors (Lipinski definition) is 4. The summed E-state index contributed by atoms with van der Waals surface area (Å²) in [6.07, 6.45) is 7.87. The normalized spacial score (nSPS) is 24.4. The van der Waals surface area contributed by atoms with Crippen LogP contribution in [0.5, 0.6) is 0 Å². The Bertz CT molecular complexity index is 753. The van der Waals surface area contributed by atoms with Gasteiger partial charge in [-0.1, -0.05) is 18.9 Å². The number of fused-ring (bicyclic) bond motifs is 1. The maximum atomic E-state index is 12.4. The van der Waals surface area contributed by atoms with Gasteiger partial charge in [0.25, 0.3) is 0 Å². The highest BCUT2D eigenvalue weighted by Gasteiger charge is 2.57. The molecule has 134 valence electrons. The van der Waals surface area contributed by atoms with Gasteiger partial charge in [-0.05, 0) is 38.3 Å². The van der Waals surface area contributed by atoms with Crippen molar-refractivity contribution in [3.8, 4) is 0 Å². The third kappa shape index (κ3) is 2.86. The van der Waals surface area contributed by atoms with Gasteiger partial charge >= 0.3 is 6.03 Å². The van der Waals surface area contributed by atoms with Crippen LogP contribution in [0.15, 0.2) is 24.4 Å². The second-order valence-corrected chi connectivity index (χ2v) is 7.04. The molecule has 2 atom stereocenters. The van der Waals surface area contributed by atoms with Crippen molar-refractivity contribution in [3.05, 3.63) is 30.2 Å². The van der Waals surface area contributed by atoms with E-state index < -0.39 is 0 Å². The molecule has 25 heavy (non-hydrogen) atoms. The number of rotatable bonds is 5. The topological polar surface area (TPSA) is 80.5 Å². The minimum absolute atomic E-state index is 0.140. The van der Waals surface area contributed by atoms with Crippen LogP contribution >= 0.6 is 0 Å². The van der Waals surface area contributed by atoms with Crippen LogP contribution in [0.2, 0.25) is 0 Å². The van der Waals surface area contributed by atoms with Crippen molar-refractivity contribution in [2.24, 2.45) is 5.41 Å². The molecule has 2 saturated carbocycles. The highest BCUT2D eigenvalue weighted by molar-refractivity contribution is 5.74. The van der Waals surface area contributed by atoms with Gasteiger partial charge in [0.05, 0.1) is 12.6 Å². The highest BCUT2D eigenvalue weighted by Crippen LogP contribution is 2.54. The van der Waals surface area contributed by atoms with Crippen LogP contribution in [0.1, 0.15) is 44.9 Å². The minimum Gasteiger partial charge on any atom is -0.378 e. The third-order valence-electron chi connectivity index (χ3n) is 5.78. The molecular formula is C18H25N5O2. The average Bonchev–Trinajstić information content (AvgIpc) is 3.28. The summed E-state index contributed by atoms with van der Waals surface area (Å²) in [6.45, 7) is 3.13. The van der Waals surface area contributed by atoms with Gasteiger partial charge in [-0.3, -0.25) is 4.40 Å². The number of amides is 2. The first-order valence-electron chi connectivity index (χ1n) is 9.17. The fourth-order valence-electron chi connectivity index (χ4n) is 4.47. The van der Waals surface area contributed by atoms with Crippen LogP contribution in [-0.2, 0) is 11.3 Å². The molecule has 0 aromatic carbocycles. The van der Waals surface area contributed by atoms with Gasteiger partial charge in [-0.15, -0.1) is 10.2 Å². The van der Waals surface area contributed by atoms with Crippen LogP contribution in [0.25, 0.3) is 5.65 Å². The largest absolute Gasteiger partial charge is 0.378 e. The predicted molar refractivity (Wildman–Crippen MR) is 93.1 cm³/mol. The Balaban J connectivity index is 1.35. The molecule has 2 aromatic rings. The van der Waals surface area contributed by atoms with Gasteiger partial charge < -0.3 is 15.4 Å². The lowest BCUT2D eigenvalue weighted by Crippen LogP contribution is -2.64. The number of nitrogens with zero attached hydrogens (tertiary/aromatic N) is 3. The molecule has 7 heteroatoms. The second-order valence-electron chi connectivity index (χ2n) is 7.04. The van der Waals surface area contributed by atoms with E-state index in [0.717, 1.165) is 37.3 Å². The van der Waals surface area contributed by atoms with E-state index in [4.69, 9.17) is 4.74 Å². The Morgan fingerprint density at radius 1 is 1.36 bits per heavy atom. The molecule has 2 amide bonds. The first kappa shape index (κ1) is 16.3. The summed E-state index contributed by atoms with van der Waals surface area (Å²) in [5, 5.41) is 14.3. The molecule has 2 fully saturated rings. The van der Waals surface area contributed by atoms with Gasteiger partial charge in [0, 0.05) is 24.3 Å². The molecule has 0 saturated heterocycles. The van der Waals surface area contributed by atoms with Crippen LogP contribution in [-0.4, -0.2) is 39.4 Å². The molecule has 0 unspecified atom stereocenters. The van der Waals surface area contributed by atoms with Crippen LogP contribution in [0.3, 0.4) is 0 Å². The van der Waals surface area contributed by atoms with E-state index in [1.807, 2.05) is 35.7 Å². The van der Waals surface area contributed by atoms with Crippen molar-refractivity contribution in [1.29, 1.82) is 0 Å². The molecule has 2 aromatic heterocycles. The van der Waals surface area contributed by atoms with Crippen molar-refractivity contribution in [3.63, 3.8) is 0 Å². The molecule has 2 aliphatic rings. The van der Waals surface area contributed by atoms with Gasteiger partial charge in [0.15, 0.2) is 11.5 Å². The average molecular weight is 343 g/mol. The Labute approximate surface area is 147 Å². The molecule has 2 heterocycles. The lowest BCUT2D eigenvalue weighted by molar-refractivity contribution is -0.126. The molecule has 2 N–H and O–H groups in total. The number of ether oxygens (including phenoxy) is 1. The standard InChI is InChI=1S/C18H25N5O2/c1-2-25-14-11-13(18(14)8-4-5-9-18)20-17(24)19-12-16-22-21-15-7-3-6-10-23(15)16/h3,6-7,10,13-14H,2,4-5,8-9,11-12H2,1H3,(H2,19,20,24)/t13-,14+/m1/s1. The molecule has 2 aliphatic carbocycles. The molecule has 4 rings (SSSR count). The summed E-state index contributed by atoms with van der Waals surface area (Å²) in [5.41, 5.74) is 0.928. The van der Waals surface area contributed by atoms with E-state index in [2.05, 4.69) is 20.8 Å². The number of pyridine rings is 1. The Hall–Kier alpha value is -2.15. The SMILES string of the molecule is CCO[C@H]1C[C@@H](NC(=O)NCc2nnc3ccccn23)C12CCCC2. The number of aromatic nitrogens is 3. The molecule has 7 nitrogen and oxygen atoms in total. The van der Waals surface area contributed by atoms with Gasteiger partial charge in [0.2, 0.25) is 0 Å². The van der Waals surface area contributed by atoms with Crippen molar-refractivity contribution in [2.75, 3.05) is 6.61 Å². The maximum Gasteiger partial charge on any atom is 0.315 e. The van der Waals surface area contributed by atoms with E-state index in [0.29, 0.717) is 12.6 Å². The Morgan fingerprint density at radius 2 is 2.20 bits per heavy atom. The van der Waals surface area contributed by atoms with Gasteiger partial charge in [0.1, 0.15) is 0 Å². The molecule has 0 radical (unpaired) electrons. The summed E-state index contributed by atoms with van der Waals surface area (Å²) in [6, 6.07) is 5.80. The van der Waals surface area contributed by atoms with Crippen LogP contribution in [0, 0.1) is 5.41 Å². The second kappa shape index (κ2) is 6.63. The van der Waals surface area contributed by atoms with Crippen LogP contribution < -0.4 is 10.6 Å². The van der Waals surface area contributed by atoms with Crippen LogP contribution in [0.4, 0.5) is 4.79 Å². The summed E-state index contributed by atoms with van der Waals surface area (Å²) in [5.74, 6) is 0.724. The number of carbonyl (C=O) groups is 1. The van der Waals surface area contributed by atoms with Gasteiger partial charge in [-0.2, -0.15) is 0 Å². The van der Waals surface area contributed by atoms with E-state index in [1.165, 1.54) is 12.8 Å². The molecular weight excluding hydrogens is 318 g/mol. The Kier molecular flexibility index (Phi) is 4.33. The summed E-state index contributed by atoms with van der Waals surface area (Å²) in [7, 11) is 0. The first-order valence-corrected chi connectivity index (χ1v) is 9.17. The monoisotopic (exact) mass is 343 g/mol. The summed E-state index contributed by atoms with van der Waals surface area (Å²) >= 11 is 0. The molecule has 0 bridgehead atoms. The fourth-order valence-corrected chi connectivity index (χ4v) is 4.47. The van der Waals surface area contributed by atoms with Gasteiger partial charge in [-0.25, -0.2) is 4.79 Å². The highest BCUT2D eigenvalue weighted by atomic mass is 16.5. The first-order chi connectivity index (χ1) is 12.2. The zero-order valence-corrected chi connectivity index (χ0v) is 14.6. The molecule has 0 aliphatic heterocycles. The zero-order valence-electron chi connectivity index (χ0n) is 14.6. The minimum atomic E-state index is -0.140. The fraction of sp³-hybridized carbons (Fsp3) is 0.611. The van der Waals surface area contributed by atoms with E-state index in [1.54, 1.807) is 0 Å². The van der Waals surface area contributed by atoms with Crippen molar-refractivity contribution < 1.29 is 9.53 Å².